The van der Waals surface area contributed by atoms with Crippen LogP contribution in [-0.2, 0) is 65.4 Å². The molecule has 98 heavy (non-hydrogen) atoms. The lowest BCUT2D eigenvalue weighted by Crippen LogP contribution is -2.30. The van der Waals surface area contributed by atoms with Gasteiger partial charge in [0.2, 0.25) is 0 Å². The number of aliphatic hydroxyl groups is 1. The first-order valence-electron chi connectivity index (χ1n) is 40.3. The second-order valence-corrected chi connectivity index (χ2v) is 31.6. The highest BCUT2D eigenvalue weighted by molar-refractivity contribution is 7.47. The van der Waals surface area contributed by atoms with Gasteiger partial charge in [0.1, 0.15) is 19.3 Å². The maximum Gasteiger partial charge on any atom is 0.472 e. The first kappa shape index (κ1) is 95.5. The van der Waals surface area contributed by atoms with E-state index in [1.54, 1.807) is 0 Å². The van der Waals surface area contributed by atoms with Gasteiger partial charge in [-0.15, -0.1) is 0 Å². The predicted molar refractivity (Wildman–Crippen MR) is 400 cm³/mol. The molecule has 0 heterocycles. The molecular weight excluding hydrogens is 1280 g/mol. The zero-order valence-corrected chi connectivity index (χ0v) is 65.4. The van der Waals surface area contributed by atoms with Crippen molar-refractivity contribution in [1.82, 2.24) is 0 Å². The molecule has 19 heteroatoms. The number of allylic oxidation sites excluding steroid dienone is 4. The predicted octanol–water partition coefficient (Wildman–Crippen LogP) is 23.1. The Labute approximate surface area is 599 Å². The molecule has 0 saturated heterocycles. The third-order valence-electron chi connectivity index (χ3n) is 17.8. The molecule has 0 aliphatic heterocycles. The van der Waals surface area contributed by atoms with E-state index < -0.39 is 97.5 Å². The van der Waals surface area contributed by atoms with Gasteiger partial charge in [-0.3, -0.25) is 37.3 Å². The number of hydrogen-bond acceptors (Lipinski definition) is 15. The zero-order valence-electron chi connectivity index (χ0n) is 63.6. The van der Waals surface area contributed by atoms with Gasteiger partial charge in [-0.1, -0.05) is 336 Å². The summed E-state index contributed by atoms with van der Waals surface area (Å²) in [4.78, 5) is 72.9. The van der Waals surface area contributed by atoms with Crippen molar-refractivity contribution in [1.29, 1.82) is 0 Å². The third kappa shape index (κ3) is 71.9. The third-order valence-corrected chi connectivity index (χ3v) is 19.7. The van der Waals surface area contributed by atoms with E-state index in [0.29, 0.717) is 25.7 Å². The van der Waals surface area contributed by atoms with Crippen LogP contribution in [0.25, 0.3) is 0 Å². The van der Waals surface area contributed by atoms with Gasteiger partial charge < -0.3 is 33.8 Å². The lowest BCUT2D eigenvalue weighted by atomic mass is 10.0. The van der Waals surface area contributed by atoms with Gasteiger partial charge in [0.15, 0.2) is 12.2 Å². The van der Waals surface area contributed by atoms with Gasteiger partial charge in [-0.25, -0.2) is 9.13 Å². The van der Waals surface area contributed by atoms with E-state index in [-0.39, 0.29) is 25.7 Å². The van der Waals surface area contributed by atoms with Crippen LogP contribution in [0.4, 0.5) is 0 Å². The minimum Gasteiger partial charge on any atom is -0.462 e. The Morgan fingerprint density at radius 2 is 0.551 bits per heavy atom. The molecule has 2 unspecified atom stereocenters. The average molecular weight is 1430 g/mol. The number of ether oxygens (including phenoxy) is 4. The molecular formula is C79H150O17P2. The van der Waals surface area contributed by atoms with Gasteiger partial charge in [-0.2, -0.15) is 0 Å². The first-order chi connectivity index (χ1) is 47.4. The smallest absolute Gasteiger partial charge is 0.462 e. The minimum atomic E-state index is -4.97. The van der Waals surface area contributed by atoms with E-state index in [1.165, 1.54) is 186 Å². The molecule has 0 aliphatic rings. The Morgan fingerprint density at radius 3 is 0.837 bits per heavy atom. The summed E-state index contributed by atoms with van der Waals surface area (Å²) in [5.41, 5.74) is 0. The van der Waals surface area contributed by atoms with Crippen molar-refractivity contribution in [3.05, 3.63) is 24.3 Å². The molecule has 0 saturated carbocycles. The molecule has 578 valence electrons. The van der Waals surface area contributed by atoms with E-state index in [2.05, 4.69) is 65.8 Å². The summed E-state index contributed by atoms with van der Waals surface area (Å²) >= 11 is 0. The number of carbonyl (C=O) groups excluding carboxylic acids is 4. The van der Waals surface area contributed by atoms with E-state index in [9.17, 15) is 43.2 Å². The number of hydrogen-bond donors (Lipinski definition) is 3. The zero-order chi connectivity index (χ0) is 72.1. The molecule has 0 radical (unpaired) electrons. The van der Waals surface area contributed by atoms with Crippen molar-refractivity contribution in [2.45, 2.75) is 407 Å². The highest BCUT2D eigenvalue weighted by Crippen LogP contribution is 2.45. The van der Waals surface area contributed by atoms with Crippen LogP contribution in [0, 0.1) is 11.8 Å². The van der Waals surface area contributed by atoms with Crippen molar-refractivity contribution in [3.63, 3.8) is 0 Å². The summed E-state index contributed by atoms with van der Waals surface area (Å²) in [5.74, 6) is -0.572. The normalized spacial score (nSPS) is 14.1. The summed E-state index contributed by atoms with van der Waals surface area (Å²) in [6.45, 7) is 9.58. The molecule has 0 aromatic carbocycles. The van der Waals surface area contributed by atoms with E-state index in [1.807, 2.05) is 0 Å². The van der Waals surface area contributed by atoms with Crippen molar-refractivity contribution in [2.75, 3.05) is 39.6 Å². The Balaban J connectivity index is 5.29. The summed E-state index contributed by atoms with van der Waals surface area (Å²) in [6.07, 6.45) is 61.7. The summed E-state index contributed by atoms with van der Waals surface area (Å²) in [5, 5.41) is 10.6. The van der Waals surface area contributed by atoms with Gasteiger partial charge >= 0.3 is 39.5 Å². The van der Waals surface area contributed by atoms with Gasteiger partial charge in [0.25, 0.3) is 0 Å². The molecule has 0 bridgehead atoms. The molecule has 0 amide bonds. The van der Waals surface area contributed by atoms with Crippen molar-refractivity contribution >= 4 is 39.5 Å². The second-order valence-electron chi connectivity index (χ2n) is 28.7. The quantitative estimate of drug-likeness (QED) is 0.0169. The molecule has 5 atom stereocenters. The number of phosphoric acid groups is 2. The minimum absolute atomic E-state index is 0.101. The monoisotopic (exact) mass is 1430 g/mol. The Hall–Kier alpha value is -2.46. The topological polar surface area (TPSA) is 237 Å². The van der Waals surface area contributed by atoms with Crippen molar-refractivity contribution in [2.24, 2.45) is 11.8 Å². The Bertz CT molecular complexity index is 1980. The number of esters is 4. The maximum absolute atomic E-state index is 13.1. The van der Waals surface area contributed by atoms with Crippen LogP contribution in [0.1, 0.15) is 388 Å². The van der Waals surface area contributed by atoms with Gasteiger partial charge in [-0.05, 0) is 63.2 Å². The average Bonchev–Trinajstić information content (AvgIpc) is 1.04. The fourth-order valence-corrected chi connectivity index (χ4v) is 13.2. The maximum atomic E-state index is 13.1. The van der Waals surface area contributed by atoms with Crippen LogP contribution in [0.2, 0.25) is 0 Å². The Kier molecular flexibility index (Phi) is 68.5. The molecule has 0 aromatic heterocycles. The molecule has 0 fully saturated rings. The molecule has 0 spiro atoms. The number of carbonyl (C=O) groups is 4. The second kappa shape index (κ2) is 70.2. The fourth-order valence-electron chi connectivity index (χ4n) is 11.6. The summed E-state index contributed by atoms with van der Waals surface area (Å²) in [6, 6.07) is 0. The molecule has 17 nitrogen and oxygen atoms in total. The molecule has 0 aliphatic carbocycles. The van der Waals surface area contributed by atoms with Gasteiger partial charge in [0, 0.05) is 25.7 Å². The fraction of sp³-hybridized carbons (Fsp3) is 0.899. The van der Waals surface area contributed by atoms with Crippen molar-refractivity contribution < 1.29 is 80.2 Å². The Morgan fingerprint density at radius 1 is 0.316 bits per heavy atom. The number of unbranched alkanes of at least 4 members (excludes halogenated alkanes) is 43. The van der Waals surface area contributed by atoms with Crippen LogP contribution in [-0.4, -0.2) is 96.7 Å². The summed E-state index contributed by atoms with van der Waals surface area (Å²) in [7, 11) is -9.93. The molecule has 3 N–H and O–H groups in total. The number of aliphatic hydroxyl groups excluding tert-OH is 1. The van der Waals surface area contributed by atoms with Gasteiger partial charge in [0.05, 0.1) is 26.4 Å². The highest BCUT2D eigenvalue weighted by Gasteiger charge is 2.30. The van der Waals surface area contributed by atoms with Crippen LogP contribution in [0.5, 0.6) is 0 Å². The number of phosphoric ester groups is 2. The largest absolute Gasteiger partial charge is 0.472 e. The van der Waals surface area contributed by atoms with Crippen molar-refractivity contribution in [3.8, 4) is 0 Å². The number of rotatable bonds is 76. The van der Waals surface area contributed by atoms with E-state index in [4.69, 9.17) is 37.0 Å². The molecule has 0 rings (SSSR count). The summed E-state index contributed by atoms with van der Waals surface area (Å²) < 4.78 is 68.6. The van der Waals surface area contributed by atoms with Crippen LogP contribution < -0.4 is 0 Å². The van der Waals surface area contributed by atoms with Crippen LogP contribution in [0.15, 0.2) is 24.3 Å². The van der Waals surface area contributed by atoms with Crippen LogP contribution in [0.3, 0.4) is 0 Å². The SMILES string of the molecule is CCCCCC/C=C\C=C/CCCCCCCC(=O)OC[C@H](COP(=O)(O)OC[C@@H](O)COP(=O)(O)OC[C@@H](COC(=O)CCCCCCCCCCCCC)OC(=O)CCCCCCCCCCCCCCC(C)C)OC(=O)CCCCCCCCCCCCCCCCC(C)C. The van der Waals surface area contributed by atoms with E-state index >= 15 is 0 Å². The first-order valence-corrected chi connectivity index (χ1v) is 43.3. The lowest BCUT2D eigenvalue weighted by Gasteiger charge is -2.21. The molecule has 0 aromatic rings. The van der Waals surface area contributed by atoms with E-state index in [0.717, 1.165) is 121 Å². The lowest BCUT2D eigenvalue weighted by molar-refractivity contribution is -0.161. The highest BCUT2D eigenvalue weighted by atomic mass is 31.2. The van der Waals surface area contributed by atoms with Crippen LogP contribution >= 0.6 is 15.6 Å². The standard InChI is InChI=1S/C79H150O17P2/c1-7-9-11-13-15-17-19-20-21-25-32-38-44-50-56-62-77(82)90-68-75(95-78(83)63-57-51-45-39-33-26-23-22-24-30-35-41-47-53-59-71(3)4)70-94-98(87,88)92-66-73(80)65-91-97(85,86)93-69-74(67-89-76(81)61-55-49-43-37-29-18-16-14-12-10-8-2)96-79(84)64-58-52-46-40-34-28-27-31-36-42-48-54-60-72(5)6/h17,19-21,71-75,80H,7-16,18,22-70H2,1-6H3,(H,85,86)(H,87,88)/b19-17-,21-20-/t73-,74+,75+/m0/s1.